The van der Waals surface area contributed by atoms with Crippen LogP contribution in [0.4, 0.5) is 14.5 Å². The molecule has 98 heavy (non-hydrogen) atoms. The lowest BCUT2D eigenvalue weighted by atomic mass is 9.55. The summed E-state index contributed by atoms with van der Waals surface area (Å²) in [6.45, 7) is 17.7. The van der Waals surface area contributed by atoms with Crippen molar-refractivity contribution < 1.29 is 8.78 Å². The summed E-state index contributed by atoms with van der Waals surface area (Å²) < 4.78 is 36.4. The van der Waals surface area contributed by atoms with Gasteiger partial charge in [-0.05, 0) is 263 Å². The number of anilines is 1. The highest BCUT2D eigenvalue weighted by Gasteiger charge is 2.58. The summed E-state index contributed by atoms with van der Waals surface area (Å²) in [7, 11) is 0. The summed E-state index contributed by atoms with van der Waals surface area (Å²) in [6.07, 6.45) is 62.6. The quantitative estimate of drug-likeness (QED) is 0.109. The van der Waals surface area contributed by atoms with Gasteiger partial charge in [-0.25, -0.2) is 8.78 Å². The van der Waals surface area contributed by atoms with E-state index in [-0.39, 0.29) is 41.0 Å². The first kappa shape index (κ1) is 64.3. The second-order valence-electron chi connectivity index (χ2n) is 30.8. The summed E-state index contributed by atoms with van der Waals surface area (Å²) in [4.78, 5) is 4.98. The van der Waals surface area contributed by atoms with Crippen LogP contribution < -0.4 is 4.90 Å². The molecule has 498 valence electrons. The molecular weight excluding hydrogens is 1200 g/mol. The zero-order chi connectivity index (χ0) is 66.8. The molecule has 0 heterocycles. The van der Waals surface area contributed by atoms with E-state index in [2.05, 4.69) is 239 Å². The van der Waals surface area contributed by atoms with E-state index < -0.39 is 23.4 Å². The predicted octanol–water partition coefficient (Wildman–Crippen LogP) is 24.7. The van der Waals surface area contributed by atoms with Crippen molar-refractivity contribution in [1.82, 2.24) is 4.90 Å². The largest absolute Gasteiger partial charge is 0.342 e. The van der Waals surface area contributed by atoms with Gasteiger partial charge in [0.15, 0.2) is 0 Å². The molecule has 0 aliphatic heterocycles. The Kier molecular flexibility index (Phi) is 17.5. The van der Waals surface area contributed by atoms with Crippen LogP contribution in [0, 0.1) is 41.4 Å². The Balaban J connectivity index is 0.762. The normalized spacial score (nSPS) is 31.0. The van der Waals surface area contributed by atoms with Crippen LogP contribution in [0.1, 0.15) is 188 Å². The minimum absolute atomic E-state index is 0.113. The third kappa shape index (κ3) is 11.1. The molecule has 0 radical (unpaired) electrons. The van der Waals surface area contributed by atoms with Crippen molar-refractivity contribution in [3.8, 4) is 0 Å². The highest BCUT2D eigenvalue weighted by Crippen LogP contribution is 2.65. The lowest BCUT2D eigenvalue weighted by Gasteiger charge is -2.47. The number of fused-ring (bicyclic) bond motifs is 4. The van der Waals surface area contributed by atoms with Crippen molar-refractivity contribution in [1.29, 1.82) is 0 Å². The predicted molar refractivity (Wildman–Crippen MR) is 407 cm³/mol. The monoisotopic (exact) mass is 1290 g/mol. The highest BCUT2D eigenvalue weighted by atomic mass is 19.1. The van der Waals surface area contributed by atoms with E-state index in [1.807, 2.05) is 30.4 Å². The minimum atomic E-state index is -1.41. The van der Waals surface area contributed by atoms with Gasteiger partial charge < -0.3 is 9.80 Å². The summed E-state index contributed by atoms with van der Waals surface area (Å²) in [5.74, 6) is 0.375. The zero-order valence-corrected chi connectivity index (χ0v) is 58.4. The van der Waals surface area contributed by atoms with Gasteiger partial charge in [-0.15, -0.1) is 0 Å². The Bertz CT molecular complexity index is 4390. The Hall–Kier alpha value is -8.34. The number of rotatable bonds is 15. The fraction of sp³-hybridized carbons (Fsp3) is 0.362. The van der Waals surface area contributed by atoms with Crippen molar-refractivity contribution in [2.45, 2.75) is 172 Å². The van der Waals surface area contributed by atoms with Crippen molar-refractivity contribution in [2.75, 3.05) is 4.90 Å². The van der Waals surface area contributed by atoms with Crippen LogP contribution in [0.2, 0.25) is 0 Å². The van der Waals surface area contributed by atoms with Gasteiger partial charge >= 0.3 is 0 Å². The van der Waals surface area contributed by atoms with Crippen molar-refractivity contribution in [3.05, 3.63) is 332 Å². The fourth-order valence-corrected chi connectivity index (χ4v) is 20.8. The Labute approximate surface area is 584 Å². The van der Waals surface area contributed by atoms with Gasteiger partial charge in [0.05, 0.1) is 5.41 Å². The summed E-state index contributed by atoms with van der Waals surface area (Å²) in [5.41, 5.74) is 26.6. The maximum absolute atomic E-state index is 18.2. The maximum atomic E-state index is 18.2. The number of benzene rings is 4. The number of allylic oxidation sites excluding steroid dienone is 29. The molecule has 2 nitrogen and oxygen atoms in total. The first-order valence-corrected chi connectivity index (χ1v) is 37.6. The second-order valence-corrected chi connectivity index (χ2v) is 30.8. The molecule has 0 aromatic heterocycles. The van der Waals surface area contributed by atoms with Gasteiger partial charge in [0.25, 0.3) is 0 Å². The van der Waals surface area contributed by atoms with E-state index in [1.165, 1.54) is 109 Å². The lowest BCUT2D eigenvalue weighted by molar-refractivity contribution is 0.227. The molecule has 0 bridgehead atoms. The SMILES string of the molecule is C=Cc1ccc(C2(C3C=C(C)C=CC3C)C3=C(CCC=C3)C3=C2C=C(N(C2=CCC(C4C=CC(N(C5=CCC(C6=CCCCC6)CC5)c5ccc6c(c5)C(c5ccc(C=C)cc5)(C5CC(C)=CC=C5C)C5CCC=CC65)=CC4F)C(F)=C2)C2CC=C(c4ccccc4)CC2)CC3)cc1. The molecule has 12 aliphatic carbocycles. The number of nitrogens with zero attached hydrogens (tertiary/aromatic N) is 2. The molecule has 12 unspecified atom stereocenters. The Morgan fingerprint density at radius 2 is 1.44 bits per heavy atom. The van der Waals surface area contributed by atoms with Gasteiger partial charge in [-0.1, -0.05) is 225 Å². The summed E-state index contributed by atoms with van der Waals surface area (Å²) >= 11 is 0. The minimum Gasteiger partial charge on any atom is -0.342 e. The molecular formula is C94H98F2N2. The number of hydrogen-bond acceptors (Lipinski definition) is 2. The lowest BCUT2D eigenvalue weighted by Crippen LogP contribution is -2.43. The number of hydrogen-bond donors (Lipinski definition) is 0. The average molecular weight is 1290 g/mol. The first-order valence-electron chi connectivity index (χ1n) is 37.6. The summed E-state index contributed by atoms with van der Waals surface area (Å²) in [6, 6.07) is 36.9. The zero-order valence-electron chi connectivity index (χ0n) is 58.4. The van der Waals surface area contributed by atoms with E-state index in [9.17, 15) is 0 Å². The van der Waals surface area contributed by atoms with Crippen LogP contribution in [-0.2, 0) is 10.8 Å². The Morgan fingerprint density at radius 1 is 0.633 bits per heavy atom. The van der Waals surface area contributed by atoms with Gasteiger partial charge in [0, 0.05) is 63.6 Å². The van der Waals surface area contributed by atoms with Crippen LogP contribution in [-0.4, -0.2) is 17.1 Å². The average Bonchev–Trinajstić information content (AvgIpc) is 1.53. The molecule has 4 aromatic rings. The summed E-state index contributed by atoms with van der Waals surface area (Å²) in [5, 5.41) is 0. The van der Waals surface area contributed by atoms with E-state index >= 15 is 8.78 Å². The maximum Gasteiger partial charge on any atom is 0.127 e. The van der Waals surface area contributed by atoms with Crippen molar-refractivity contribution >= 4 is 23.4 Å². The second kappa shape index (κ2) is 26.7. The molecule has 12 aliphatic rings. The van der Waals surface area contributed by atoms with Crippen molar-refractivity contribution in [3.63, 3.8) is 0 Å². The van der Waals surface area contributed by atoms with Gasteiger partial charge in [0.1, 0.15) is 12.0 Å². The van der Waals surface area contributed by atoms with E-state index in [0.29, 0.717) is 18.3 Å². The molecule has 0 spiro atoms. The molecule has 0 saturated heterocycles. The highest BCUT2D eigenvalue weighted by molar-refractivity contribution is 5.73. The van der Waals surface area contributed by atoms with Crippen LogP contribution in [0.3, 0.4) is 0 Å². The van der Waals surface area contributed by atoms with Crippen LogP contribution in [0.15, 0.2) is 293 Å². The topological polar surface area (TPSA) is 6.48 Å². The van der Waals surface area contributed by atoms with Crippen LogP contribution >= 0.6 is 0 Å². The van der Waals surface area contributed by atoms with E-state index in [4.69, 9.17) is 0 Å². The van der Waals surface area contributed by atoms with Gasteiger partial charge in [0.2, 0.25) is 0 Å². The smallest absolute Gasteiger partial charge is 0.127 e. The molecule has 4 heteroatoms. The first-order chi connectivity index (χ1) is 47.9. The molecule has 0 saturated carbocycles. The van der Waals surface area contributed by atoms with E-state index in [0.717, 1.165) is 112 Å². The number of halogens is 2. The van der Waals surface area contributed by atoms with Crippen molar-refractivity contribution in [2.24, 2.45) is 41.4 Å². The standard InChI is InChI=1S/C94H98F2N2/c1-7-65-31-39-71(40-32-65)93(87-55-61(3)27-29-63(87)5)85-25-17-15-23-79(85)81-51-47-75(57-89(81)93)97(73-43-35-69(36-44-73)67-19-11-9-12-20-67)77-49-53-83(91(95)59-77)84-54-50-78(60-92(84)96)98(74-45-37-70(38-46-74)68-21-13-10-14-22-68)76-48-52-82-80-24-16-18-26-86(80)94(90(82)58-76,72-41-33-66(8-2)34-42-72)88-56-62(4)28-30-64(88)6/h7-9,11-12,16-17,19-21,24-25,27-35,39-42,45,48-50,52,54-55,57-60,63,70,73,80,83-84,86-88,92H,1-2,10,13-15,18,22-23,26,36-38,43-44,46-47,51,53,56H2,3-6H3. The molecule has 0 fully saturated rings. The molecule has 4 aromatic carbocycles. The molecule has 0 N–H and O–H groups in total. The van der Waals surface area contributed by atoms with Crippen LogP contribution in [0.5, 0.6) is 0 Å². The number of alkyl halides is 1. The Morgan fingerprint density at radius 3 is 2.17 bits per heavy atom. The third-order valence-corrected chi connectivity index (χ3v) is 25.5. The van der Waals surface area contributed by atoms with Gasteiger partial charge in [-0.2, -0.15) is 0 Å². The van der Waals surface area contributed by atoms with E-state index in [1.54, 1.807) is 5.57 Å². The molecule has 16 rings (SSSR count). The molecule has 0 amide bonds. The van der Waals surface area contributed by atoms with Gasteiger partial charge in [-0.3, -0.25) is 0 Å². The third-order valence-electron chi connectivity index (χ3n) is 25.5. The van der Waals surface area contributed by atoms with Crippen LogP contribution in [0.25, 0.3) is 17.7 Å². The molecule has 12 atom stereocenters. The fourth-order valence-electron chi connectivity index (χ4n) is 20.8.